The summed E-state index contributed by atoms with van der Waals surface area (Å²) in [5.74, 6) is 2.25. The van der Waals surface area contributed by atoms with Crippen LogP contribution in [0.2, 0.25) is 0 Å². The molecule has 8 heteroatoms. The van der Waals surface area contributed by atoms with E-state index in [0.29, 0.717) is 34.4 Å². The Morgan fingerprint density at radius 2 is 2.19 bits per heavy atom. The molecule has 1 amide bonds. The molecular weight excluding hydrogens is 402 g/mol. The smallest absolute Gasteiger partial charge is 0.264 e. The molecule has 5 rings (SSSR count). The number of amides is 1. The summed E-state index contributed by atoms with van der Waals surface area (Å²) in [6.07, 6.45) is 3.81. The number of carbonyl (C=O) groups excluding carboxylic acids is 1. The van der Waals surface area contributed by atoms with Crippen molar-refractivity contribution in [1.29, 1.82) is 0 Å². The predicted molar refractivity (Wildman–Crippen MR) is 111 cm³/mol. The number of hydrogen-bond donors (Lipinski definition) is 1. The van der Waals surface area contributed by atoms with E-state index >= 15 is 0 Å². The molecule has 3 aromatic heterocycles. The second-order valence-electron chi connectivity index (χ2n) is 9.01. The summed E-state index contributed by atoms with van der Waals surface area (Å²) in [4.78, 5) is 17.3. The number of nitrogens with one attached hydrogen (secondary N) is 1. The van der Waals surface area contributed by atoms with Crippen molar-refractivity contribution in [2.75, 3.05) is 0 Å². The van der Waals surface area contributed by atoms with E-state index in [1.165, 1.54) is 42.7 Å². The van der Waals surface area contributed by atoms with Crippen molar-refractivity contribution in [3.8, 4) is 11.5 Å². The Balaban J connectivity index is 1.42. The highest BCUT2D eigenvalue weighted by Gasteiger charge is 2.42. The lowest BCUT2D eigenvalue weighted by Gasteiger charge is -2.28. The number of nitrogens with zero attached hydrogens (tertiary/aromatic N) is 3. The van der Waals surface area contributed by atoms with Gasteiger partial charge in [0.2, 0.25) is 5.91 Å². The van der Waals surface area contributed by atoms with Crippen LogP contribution in [0.5, 0.6) is 0 Å². The molecule has 4 unspecified atom stereocenters. The molecule has 0 radical (unpaired) electrons. The third kappa shape index (κ3) is 3.62. The van der Waals surface area contributed by atoms with Crippen molar-refractivity contribution in [3.05, 3.63) is 35.7 Å². The molecule has 31 heavy (non-hydrogen) atoms. The second-order valence-corrected chi connectivity index (χ2v) is 9.01. The van der Waals surface area contributed by atoms with E-state index in [4.69, 9.17) is 4.42 Å². The first-order valence-corrected chi connectivity index (χ1v) is 10.9. The van der Waals surface area contributed by atoms with Gasteiger partial charge in [-0.15, -0.1) is 0 Å². The number of hydrogen-bond acceptors (Lipinski definition) is 4. The van der Waals surface area contributed by atoms with Crippen LogP contribution in [0.1, 0.15) is 50.3 Å². The van der Waals surface area contributed by atoms with Gasteiger partial charge in [0.05, 0.1) is 17.3 Å². The van der Waals surface area contributed by atoms with E-state index < -0.39 is 6.43 Å². The van der Waals surface area contributed by atoms with Crippen molar-refractivity contribution in [3.63, 3.8) is 0 Å². The molecular formula is C23H26F2N4O2. The zero-order chi connectivity index (χ0) is 21.7. The van der Waals surface area contributed by atoms with Crippen molar-refractivity contribution in [2.24, 2.45) is 17.8 Å². The Bertz CT molecular complexity index is 1110. The van der Waals surface area contributed by atoms with Gasteiger partial charge in [-0.3, -0.25) is 4.79 Å². The van der Waals surface area contributed by atoms with Crippen LogP contribution in [0.15, 0.2) is 28.9 Å². The Kier molecular flexibility index (Phi) is 5.02. The molecule has 2 aliphatic carbocycles. The van der Waals surface area contributed by atoms with Crippen molar-refractivity contribution in [1.82, 2.24) is 20.1 Å². The van der Waals surface area contributed by atoms with Gasteiger partial charge < -0.3 is 9.73 Å². The van der Waals surface area contributed by atoms with Gasteiger partial charge in [-0.25, -0.2) is 18.4 Å². The summed E-state index contributed by atoms with van der Waals surface area (Å²) in [6.45, 7) is 3.67. The number of aryl methyl sites for hydroxylation is 1. The average molecular weight is 428 g/mol. The SMILES string of the molecule is Cc1nn(CC(=O)NC(C)C2CC3CCC2C3)c2nc(-c3ccco3)cc(C(F)F)c12. The van der Waals surface area contributed by atoms with Crippen LogP contribution in [0.25, 0.3) is 22.5 Å². The monoisotopic (exact) mass is 428 g/mol. The lowest BCUT2D eigenvalue weighted by atomic mass is 9.84. The first-order valence-electron chi connectivity index (χ1n) is 10.9. The van der Waals surface area contributed by atoms with E-state index in [9.17, 15) is 13.6 Å². The van der Waals surface area contributed by atoms with Crippen LogP contribution in [0, 0.1) is 24.7 Å². The highest BCUT2D eigenvalue weighted by Crippen LogP contribution is 2.49. The summed E-state index contributed by atoms with van der Waals surface area (Å²) in [7, 11) is 0. The van der Waals surface area contributed by atoms with Gasteiger partial charge >= 0.3 is 0 Å². The molecule has 3 heterocycles. The zero-order valence-electron chi connectivity index (χ0n) is 17.6. The fourth-order valence-corrected chi connectivity index (χ4v) is 5.67. The largest absolute Gasteiger partial charge is 0.463 e. The van der Waals surface area contributed by atoms with Crippen LogP contribution in [-0.4, -0.2) is 26.7 Å². The molecule has 0 aromatic carbocycles. The summed E-state index contributed by atoms with van der Waals surface area (Å²) in [5.41, 5.74) is 0.836. The zero-order valence-corrected chi connectivity index (χ0v) is 17.6. The van der Waals surface area contributed by atoms with Gasteiger partial charge in [0.1, 0.15) is 12.2 Å². The first-order chi connectivity index (χ1) is 14.9. The van der Waals surface area contributed by atoms with Crippen molar-refractivity contribution >= 4 is 16.9 Å². The number of fused-ring (bicyclic) bond motifs is 3. The molecule has 6 nitrogen and oxygen atoms in total. The molecule has 2 aliphatic rings. The molecule has 164 valence electrons. The number of pyridine rings is 1. The third-order valence-electron chi connectivity index (χ3n) is 7.03. The van der Waals surface area contributed by atoms with Crippen LogP contribution in [0.3, 0.4) is 0 Å². The van der Waals surface area contributed by atoms with E-state index in [0.717, 1.165) is 5.92 Å². The lowest BCUT2D eigenvalue weighted by molar-refractivity contribution is -0.122. The number of furan rings is 1. The average Bonchev–Trinajstić information content (AvgIpc) is 3.52. The molecule has 4 atom stereocenters. The summed E-state index contributed by atoms with van der Waals surface area (Å²) >= 11 is 0. The summed E-state index contributed by atoms with van der Waals surface area (Å²) in [5, 5.41) is 7.77. The van der Waals surface area contributed by atoms with E-state index in [1.54, 1.807) is 19.1 Å². The quantitative estimate of drug-likeness (QED) is 0.607. The van der Waals surface area contributed by atoms with Gasteiger partial charge in [-0.1, -0.05) is 6.42 Å². The van der Waals surface area contributed by atoms with Gasteiger partial charge in [-0.2, -0.15) is 5.10 Å². The standard InChI is InChI=1S/C23H26F2N4O2/c1-12(16-9-14-5-6-15(16)8-14)26-20(30)11-29-23-21(13(2)28-29)17(22(24)25)10-18(27-23)19-4-3-7-31-19/h3-4,7,10,12,14-16,22H,5-6,8-9,11H2,1-2H3,(H,26,30). The number of aromatic nitrogens is 3. The van der Waals surface area contributed by atoms with Crippen molar-refractivity contribution < 1.29 is 18.0 Å². The van der Waals surface area contributed by atoms with Crippen LogP contribution in [0.4, 0.5) is 8.78 Å². The van der Waals surface area contributed by atoms with Gasteiger partial charge in [-0.05, 0) is 69.1 Å². The minimum atomic E-state index is -2.69. The predicted octanol–water partition coefficient (Wildman–Crippen LogP) is 4.88. The van der Waals surface area contributed by atoms with Crippen molar-refractivity contribution in [2.45, 2.75) is 58.5 Å². The van der Waals surface area contributed by atoms with Crippen LogP contribution < -0.4 is 5.32 Å². The third-order valence-corrected chi connectivity index (χ3v) is 7.03. The molecule has 3 aromatic rings. The fraction of sp³-hybridized carbons (Fsp3) is 0.522. The molecule has 2 fully saturated rings. The topological polar surface area (TPSA) is 73.0 Å². The Labute approximate surface area is 179 Å². The molecule has 1 N–H and O–H groups in total. The highest BCUT2D eigenvalue weighted by atomic mass is 19.3. The number of rotatable bonds is 6. The van der Waals surface area contributed by atoms with Crippen LogP contribution >= 0.6 is 0 Å². The maximum absolute atomic E-state index is 13.8. The number of halogens is 2. The minimum absolute atomic E-state index is 0.0627. The molecule has 0 aliphatic heterocycles. The van der Waals surface area contributed by atoms with Crippen LogP contribution in [-0.2, 0) is 11.3 Å². The Morgan fingerprint density at radius 1 is 1.35 bits per heavy atom. The van der Waals surface area contributed by atoms with Gasteiger partial charge in [0.25, 0.3) is 6.43 Å². The maximum Gasteiger partial charge on any atom is 0.264 e. The summed E-state index contributed by atoms with van der Waals surface area (Å²) in [6, 6.07) is 4.77. The van der Waals surface area contributed by atoms with E-state index in [1.807, 2.05) is 0 Å². The highest BCUT2D eigenvalue weighted by molar-refractivity contribution is 5.86. The normalized spacial score (nSPS) is 23.7. The van der Waals surface area contributed by atoms with Gasteiger partial charge in [0.15, 0.2) is 11.4 Å². The fourth-order valence-electron chi connectivity index (χ4n) is 5.67. The first kappa shape index (κ1) is 20.2. The number of alkyl halides is 2. The maximum atomic E-state index is 13.8. The second kappa shape index (κ2) is 7.73. The van der Waals surface area contributed by atoms with E-state index in [2.05, 4.69) is 22.3 Å². The molecule has 0 saturated heterocycles. The molecule has 2 saturated carbocycles. The Hall–Kier alpha value is -2.77. The van der Waals surface area contributed by atoms with E-state index in [-0.39, 0.29) is 29.7 Å². The minimum Gasteiger partial charge on any atom is -0.463 e. The van der Waals surface area contributed by atoms with Gasteiger partial charge in [0, 0.05) is 11.6 Å². The molecule has 2 bridgehead atoms. The number of carbonyl (C=O) groups is 1. The summed E-state index contributed by atoms with van der Waals surface area (Å²) < 4.78 is 34.4. The Morgan fingerprint density at radius 3 is 2.84 bits per heavy atom. The lowest BCUT2D eigenvalue weighted by Crippen LogP contribution is -2.41. The molecule has 0 spiro atoms.